The van der Waals surface area contributed by atoms with E-state index in [1.807, 2.05) is 18.2 Å². The Morgan fingerprint density at radius 1 is 1.22 bits per heavy atom. The largest absolute Gasteiger partial charge is 0.497 e. The normalized spacial score (nSPS) is 18.4. The monoisotopic (exact) mass is 390 g/mol. The third-order valence-corrected chi connectivity index (χ3v) is 6.33. The Morgan fingerprint density at radius 3 is 2.70 bits per heavy atom. The first kappa shape index (κ1) is 19.8. The van der Waals surface area contributed by atoms with Crippen LogP contribution in [0.4, 0.5) is 0 Å². The van der Waals surface area contributed by atoms with Crippen LogP contribution in [-0.4, -0.2) is 53.2 Å². The van der Waals surface area contributed by atoms with Gasteiger partial charge in [0.2, 0.25) is 10.0 Å². The molecule has 7 heteroatoms. The molecule has 0 aliphatic carbocycles. The van der Waals surface area contributed by atoms with Crippen molar-refractivity contribution in [3.63, 3.8) is 0 Å². The van der Waals surface area contributed by atoms with Gasteiger partial charge in [0.15, 0.2) is 0 Å². The van der Waals surface area contributed by atoms with E-state index in [1.165, 1.54) is 0 Å². The number of methoxy groups -OCH3 is 1. The van der Waals surface area contributed by atoms with Crippen LogP contribution in [0.15, 0.2) is 53.4 Å². The molecule has 1 aliphatic heterocycles. The molecule has 0 amide bonds. The summed E-state index contributed by atoms with van der Waals surface area (Å²) in [6.07, 6.45) is 0.0281. The molecule has 0 spiro atoms. The van der Waals surface area contributed by atoms with Crippen molar-refractivity contribution in [3.05, 3.63) is 59.7 Å². The SMILES string of the molecule is COc1ccc(S(=O)(=O)NCCN2CCO[C@@H](c3ccccc3)C2)c(C)c1. The van der Waals surface area contributed by atoms with Gasteiger partial charge in [-0.3, -0.25) is 4.90 Å². The van der Waals surface area contributed by atoms with E-state index in [-0.39, 0.29) is 11.0 Å². The van der Waals surface area contributed by atoms with Crippen LogP contribution in [0.3, 0.4) is 0 Å². The van der Waals surface area contributed by atoms with Crippen LogP contribution in [0, 0.1) is 6.92 Å². The maximum absolute atomic E-state index is 12.6. The summed E-state index contributed by atoms with van der Waals surface area (Å²) in [4.78, 5) is 2.51. The van der Waals surface area contributed by atoms with Gasteiger partial charge in [0.05, 0.1) is 24.7 Å². The minimum atomic E-state index is -3.55. The molecule has 0 radical (unpaired) electrons. The Bertz CT molecular complexity index is 856. The van der Waals surface area contributed by atoms with Crippen molar-refractivity contribution in [2.24, 2.45) is 0 Å². The van der Waals surface area contributed by atoms with Gasteiger partial charge in [-0.05, 0) is 36.2 Å². The Labute approximate surface area is 161 Å². The molecule has 1 N–H and O–H groups in total. The van der Waals surface area contributed by atoms with Crippen molar-refractivity contribution in [2.45, 2.75) is 17.9 Å². The number of nitrogens with one attached hydrogen (secondary N) is 1. The van der Waals surface area contributed by atoms with Crippen molar-refractivity contribution in [1.29, 1.82) is 0 Å². The average Bonchev–Trinajstić information content (AvgIpc) is 2.68. The molecule has 6 nitrogen and oxygen atoms in total. The topological polar surface area (TPSA) is 67.9 Å². The van der Waals surface area contributed by atoms with Crippen molar-refractivity contribution in [2.75, 3.05) is 39.9 Å². The van der Waals surface area contributed by atoms with E-state index < -0.39 is 10.0 Å². The molecule has 27 heavy (non-hydrogen) atoms. The van der Waals surface area contributed by atoms with Gasteiger partial charge in [0.1, 0.15) is 5.75 Å². The highest BCUT2D eigenvalue weighted by atomic mass is 32.2. The lowest BCUT2D eigenvalue weighted by Crippen LogP contribution is -2.42. The summed E-state index contributed by atoms with van der Waals surface area (Å²) in [5.74, 6) is 0.645. The van der Waals surface area contributed by atoms with Crippen LogP contribution < -0.4 is 9.46 Å². The molecule has 1 fully saturated rings. The highest BCUT2D eigenvalue weighted by Gasteiger charge is 2.22. The second kappa shape index (κ2) is 8.84. The highest BCUT2D eigenvalue weighted by Crippen LogP contribution is 2.22. The molecule has 2 aromatic rings. The van der Waals surface area contributed by atoms with Gasteiger partial charge >= 0.3 is 0 Å². The van der Waals surface area contributed by atoms with Crippen LogP contribution in [0.5, 0.6) is 5.75 Å². The number of aryl methyl sites for hydroxylation is 1. The molecule has 0 aromatic heterocycles. The average molecular weight is 391 g/mol. The summed E-state index contributed by atoms with van der Waals surface area (Å²) >= 11 is 0. The number of morpholine rings is 1. The standard InChI is InChI=1S/C20H26N2O4S/c1-16-14-18(25-2)8-9-20(16)27(23,24)21-10-11-22-12-13-26-19(15-22)17-6-4-3-5-7-17/h3-9,14,19,21H,10-13,15H2,1-2H3/t19-/m1/s1. The van der Waals surface area contributed by atoms with E-state index in [0.29, 0.717) is 31.0 Å². The minimum absolute atomic E-state index is 0.0281. The molecule has 0 saturated carbocycles. The zero-order valence-corrected chi connectivity index (χ0v) is 16.5. The van der Waals surface area contributed by atoms with Crippen LogP contribution in [-0.2, 0) is 14.8 Å². The Hall–Kier alpha value is -1.93. The molecular weight excluding hydrogens is 364 g/mol. The third kappa shape index (κ3) is 5.07. The van der Waals surface area contributed by atoms with Gasteiger partial charge in [-0.2, -0.15) is 0 Å². The Kier molecular flexibility index (Phi) is 6.49. The number of ether oxygens (including phenoxy) is 2. The lowest BCUT2D eigenvalue weighted by molar-refractivity contribution is -0.0291. The van der Waals surface area contributed by atoms with Crippen molar-refractivity contribution in [3.8, 4) is 5.75 Å². The first-order valence-corrected chi connectivity index (χ1v) is 10.5. The molecule has 1 aliphatic rings. The van der Waals surface area contributed by atoms with E-state index in [9.17, 15) is 8.42 Å². The molecule has 1 atom stereocenters. The predicted molar refractivity (Wildman–Crippen MR) is 104 cm³/mol. The molecule has 0 bridgehead atoms. The number of hydrogen-bond acceptors (Lipinski definition) is 5. The van der Waals surface area contributed by atoms with Crippen molar-refractivity contribution >= 4 is 10.0 Å². The summed E-state index contributed by atoms with van der Waals surface area (Å²) in [5.41, 5.74) is 1.81. The van der Waals surface area contributed by atoms with Gasteiger partial charge in [-0.1, -0.05) is 30.3 Å². The maximum Gasteiger partial charge on any atom is 0.240 e. The summed E-state index contributed by atoms with van der Waals surface area (Å²) < 4.78 is 38.9. The van der Waals surface area contributed by atoms with Crippen LogP contribution in [0.25, 0.3) is 0 Å². The number of hydrogen-bond donors (Lipinski definition) is 1. The molecule has 1 saturated heterocycles. The number of rotatable bonds is 7. The van der Waals surface area contributed by atoms with E-state index in [1.54, 1.807) is 32.2 Å². The number of sulfonamides is 1. The Balaban J connectivity index is 1.56. The smallest absolute Gasteiger partial charge is 0.240 e. The Morgan fingerprint density at radius 2 is 2.00 bits per heavy atom. The van der Waals surface area contributed by atoms with Crippen LogP contribution in [0.2, 0.25) is 0 Å². The van der Waals surface area contributed by atoms with E-state index in [4.69, 9.17) is 9.47 Å². The quantitative estimate of drug-likeness (QED) is 0.786. The number of benzene rings is 2. The summed E-state index contributed by atoms with van der Waals surface area (Å²) in [6.45, 7) is 4.96. The lowest BCUT2D eigenvalue weighted by atomic mass is 10.1. The number of nitrogens with zero attached hydrogens (tertiary/aromatic N) is 1. The van der Waals surface area contributed by atoms with Gasteiger partial charge in [-0.15, -0.1) is 0 Å². The zero-order valence-electron chi connectivity index (χ0n) is 15.7. The van der Waals surface area contributed by atoms with Gasteiger partial charge in [0, 0.05) is 26.2 Å². The first-order chi connectivity index (χ1) is 13.0. The predicted octanol–water partition coefficient (Wildman–Crippen LogP) is 2.36. The second-order valence-electron chi connectivity index (χ2n) is 6.60. The first-order valence-electron chi connectivity index (χ1n) is 9.03. The molecular formula is C20H26N2O4S. The lowest BCUT2D eigenvalue weighted by Gasteiger charge is -2.33. The van der Waals surface area contributed by atoms with E-state index in [0.717, 1.165) is 18.7 Å². The molecule has 3 rings (SSSR count). The summed E-state index contributed by atoms with van der Waals surface area (Å²) in [5, 5.41) is 0. The summed E-state index contributed by atoms with van der Waals surface area (Å²) in [7, 11) is -1.98. The minimum Gasteiger partial charge on any atom is -0.497 e. The fraction of sp³-hybridized carbons (Fsp3) is 0.400. The van der Waals surface area contributed by atoms with E-state index >= 15 is 0 Å². The third-order valence-electron chi connectivity index (χ3n) is 4.71. The molecule has 2 aromatic carbocycles. The second-order valence-corrected chi connectivity index (χ2v) is 8.34. The highest BCUT2D eigenvalue weighted by molar-refractivity contribution is 7.89. The molecule has 1 heterocycles. The fourth-order valence-corrected chi connectivity index (χ4v) is 4.49. The molecule has 146 valence electrons. The van der Waals surface area contributed by atoms with E-state index in [2.05, 4.69) is 21.8 Å². The summed E-state index contributed by atoms with van der Waals surface area (Å²) in [6, 6.07) is 15.1. The fourth-order valence-electron chi connectivity index (χ4n) is 3.24. The van der Waals surface area contributed by atoms with Crippen LogP contribution >= 0.6 is 0 Å². The molecule has 0 unspecified atom stereocenters. The van der Waals surface area contributed by atoms with Crippen molar-refractivity contribution < 1.29 is 17.9 Å². The van der Waals surface area contributed by atoms with Gasteiger partial charge in [0.25, 0.3) is 0 Å². The van der Waals surface area contributed by atoms with Gasteiger partial charge < -0.3 is 9.47 Å². The van der Waals surface area contributed by atoms with Crippen molar-refractivity contribution in [1.82, 2.24) is 9.62 Å². The van der Waals surface area contributed by atoms with Gasteiger partial charge in [-0.25, -0.2) is 13.1 Å². The van der Waals surface area contributed by atoms with Crippen LogP contribution in [0.1, 0.15) is 17.2 Å². The maximum atomic E-state index is 12.6. The zero-order chi connectivity index (χ0) is 19.3.